The molecule has 9 nitrogen and oxygen atoms in total. The molecule has 0 aromatic carbocycles. The monoisotopic (exact) mass is 247 g/mol. The van der Waals surface area contributed by atoms with Crippen LogP contribution in [0.25, 0.3) is 0 Å². The Labute approximate surface area is 95.9 Å². The number of rotatable bonds is 2. The van der Waals surface area contributed by atoms with Gasteiger partial charge in [-0.3, -0.25) is 10.7 Å². The van der Waals surface area contributed by atoms with Gasteiger partial charge >= 0.3 is 6.03 Å². The Kier molecular flexibility index (Phi) is 3.07. The number of urea groups is 1. The molecule has 2 heterocycles. The van der Waals surface area contributed by atoms with Crippen LogP contribution in [-0.4, -0.2) is 62.6 Å². The first-order chi connectivity index (χ1) is 8.04. The van der Waals surface area contributed by atoms with Crippen molar-refractivity contribution in [1.82, 2.24) is 15.8 Å². The van der Waals surface area contributed by atoms with Gasteiger partial charge in [-0.25, -0.2) is 9.80 Å². The number of ether oxygens (including phenoxy) is 1. The van der Waals surface area contributed by atoms with Crippen molar-refractivity contribution in [3.05, 3.63) is 12.1 Å². The van der Waals surface area contributed by atoms with Gasteiger partial charge in [0.2, 0.25) is 5.88 Å². The Balaban J connectivity index is 2.11. The molecular weight excluding hydrogens is 234 g/mol. The highest BCUT2D eigenvalue weighted by Gasteiger charge is 2.47. The molecule has 0 aliphatic carbocycles. The van der Waals surface area contributed by atoms with Crippen LogP contribution in [0, 0.1) is 0 Å². The van der Waals surface area contributed by atoms with Crippen molar-refractivity contribution in [3.63, 3.8) is 0 Å². The van der Waals surface area contributed by atoms with Crippen molar-refractivity contribution in [2.75, 3.05) is 6.61 Å². The number of hydrazine groups is 1. The van der Waals surface area contributed by atoms with Gasteiger partial charge in [-0.1, -0.05) is 0 Å². The van der Waals surface area contributed by atoms with E-state index in [1.54, 1.807) is 0 Å². The Morgan fingerprint density at radius 1 is 1.41 bits per heavy atom. The predicted octanol–water partition coefficient (Wildman–Crippen LogP) is -2.69. The lowest BCUT2D eigenvalue weighted by molar-refractivity contribution is -0.0927. The summed E-state index contributed by atoms with van der Waals surface area (Å²) >= 11 is 0. The first-order valence-corrected chi connectivity index (χ1v) is 4.92. The summed E-state index contributed by atoms with van der Waals surface area (Å²) in [5.74, 6) is -0.377. The van der Waals surface area contributed by atoms with Crippen LogP contribution in [0.5, 0.6) is 0 Å². The Hall–Kier alpha value is -1.55. The number of nitrogens with one attached hydrogen (secondary N) is 2. The second-order valence-corrected chi connectivity index (χ2v) is 3.69. The van der Waals surface area contributed by atoms with Crippen LogP contribution in [0.15, 0.2) is 12.1 Å². The van der Waals surface area contributed by atoms with Crippen LogP contribution >= 0.6 is 0 Å². The molecule has 2 aliphatic heterocycles. The highest BCUT2D eigenvalue weighted by atomic mass is 16.6. The number of aliphatic hydroxyl groups is 4. The van der Waals surface area contributed by atoms with E-state index in [1.807, 2.05) is 0 Å². The maximum Gasteiger partial charge on any atom is 0.345 e. The number of amides is 2. The maximum absolute atomic E-state index is 11.5. The molecule has 0 bridgehead atoms. The van der Waals surface area contributed by atoms with E-state index in [1.165, 1.54) is 0 Å². The molecule has 17 heavy (non-hydrogen) atoms. The van der Waals surface area contributed by atoms with Crippen LogP contribution in [0.3, 0.4) is 0 Å². The Morgan fingerprint density at radius 2 is 2.12 bits per heavy atom. The molecule has 2 aliphatic rings. The Morgan fingerprint density at radius 3 is 2.65 bits per heavy atom. The van der Waals surface area contributed by atoms with E-state index in [2.05, 4.69) is 10.7 Å². The Bertz CT molecular complexity index is 348. The molecule has 0 aromatic rings. The normalized spacial score (nSPS) is 37.5. The summed E-state index contributed by atoms with van der Waals surface area (Å²) in [5, 5.41) is 40.0. The summed E-state index contributed by atoms with van der Waals surface area (Å²) in [5.41, 5.74) is 2.39. The van der Waals surface area contributed by atoms with Gasteiger partial charge in [-0.15, -0.1) is 0 Å². The number of nitrogens with zero attached hydrogens (tertiary/aromatic N) is 1. The number of carbonyl (C=O) groups is 1. The SMILES string of the molecule is O=C1NC(O)=CNN1[C@@H]1O[C@H](CO)[C@@H](O)[C@H]1O. The zero-order chi connectivity index (χ0) is 12.6. The van der Waals surface area contributed by atoms with Gasteiger partial charge in [0.25, 0.3) is 0 Å². The second-order valence-electron chi connectivity index (χ2n) is 3.69. The fourth-order valence-electron chi connectivity index (χ4n) is 1.68. The third kappa shape index (κ3) is 2.00. The molecule has 2 amide bonds. The molecule has 2 rings (SSSR count). The number of carbonyl (C=O) groups excluding carboxylic acids is 1. The van der Waals surface area contributed by atoms with E-state index in [4.69, 9.17) is 14.9 Å². The first kappa shape index (κ1) is 11.9. The highest BCUT2D eigenvalue weighted by molar-refractivity contribution is 5.76. The summed E-state index contributed by atoms with van der Waals surface area (Å²) in [7, 11) is 0. The fraction of sp³-hybridized carbons (Fsp3) is 0.625. The smallest absolute Gasteiger partial charge is 0.345 e. The lowest BCUT2D eigenvalue weighted by Crippen LogP contribution is -2.58. The first-order valence-electron chi connectivity index (χ1n) is 4.92. The number of hydrogen-bond acceptors (Lipinski definition) is 7. The zero-order valence-corrected chi connectivity index (χ0v) is 8.65. The average Bonchev–Trinajstić information content (AvgIpc) is 2.57. The van der Waals surface area contributed by atoms with Gasteiger partial charge in [-0.05, 0) is 0 Å². The standard InChI is InChI=1S/C8H13N3O6/c12-2-3-5(14)6(15)7(17-3)11-8(16)10-4(13)1-9-11/h1,3,5-7,9,12-15H,2H2,(H,10,16)/t3-,5-,6-,7-/m1/s1. The number of hydrogen-bond donors (Lipinski definition) is 6. The van der Waals surface area contributed by atoms with Gasteiger partial charge in [0.1, 0.15) is 18.3 Å². The molecule has 0 spiro atoms. The van der Waals surface area contributed by atoms with Crippen molar-refractivity contribution in [1.29, 1.82) is 0 Å². The molecule has 1 saturated heterocycles. The molecule has 9 heteroatoms. The van der Waals surface area contributed by atoms with Crippen molar-refractivity contribution >= 4 is 6.03 Å². The minimum Gasteiger partial charge on any atom is -0.493 e. The van der Waals surface area contributed by atoms with Gasteiger partial charge in [0.15, 0.2) is 6.23 Å². The molecular formula is C8H13N3O6. The average molecular weight is 247 g/mol. The quantitative estimate of drug-likeness (QED) is 0.313. The van der Waals surface area contributed by atoms with Crippen LogP contribution in [0.4, 0.5) is 4.79 Å². The summed E-state index contributed by atoms with van der Waals surface area (Å²) in [6.07, 6.45) is -3.70. The molecule has 1 fully saturated rings. The van der Waals surface area contributed by atoms with E-state index >= 15 is 0 Å². The van der Waals surface area contributed by atoms with Gasteiger partial charge in [-0.2, -0.15) is 0 Å². The summed E-state index contributed by atoms with van der Waals surface area (Å²) in [6.45, 7) is -0.481. The maximum atomic E-state index is 11.5. The van der Waals surface area contributed by atoms with Gasteiger partial charge in [0, 0.05) is 0 Å². The topological polar surface area (TPSA) is 135 Å². The van der Waals surface area contributed by atoms with Crippen LogP contribution in [-0.2, 0) is 4.74 Å². The summed E-state index contributed by atoms with van der Waals surface area (Å²) in [4.78, 5) is 11.5. The molecule has 6 N–H and O–H groups in total. The second kappa shape index (κ2) is 4.37. The summed E-state index contributed by atoms with van der Waals surface area (Å²) < 4.78 is 5.12. The van der Waals surface area contributed by atoms with Crippen molar-refractivity contribution in [2.24, 2.45) is 0 Å². The van der Waals surface area contributed by atoms with E-state index in [0.29, 0.717) is 0 Å². The lowest BCUT2D eigenvalue weighted by atomic mass is 10.1. The molecule has 0 radical (unpaired) electrons. The largest absolute Gasteiger partial charge is 0.493 e. The highest BCUT2D eigenvalue weighted by Crippen LogP contribution is 2.23. The molecule has 0 saturated carbocycles. The van der Waals surface area contributed by atoms with Crippen LogP contribution < -0.4 is 10.7 Å². The van der Waals surface area contributed by atoms with E-state index in [9.17, 15) is 15.0 Å². The zero-order valence-electron chi connectivity index (χ0n) is 8.65. The van der Waals surface area contributed by atoms with Crippen LogP contribution in [0.1, 0.15) is 0 Å². The third-order valence-corrected chi connectivity index (χ3v) is 2.57. The number of aliphatic hydroxyl groups excluding tert-OH is 4. The predicted molar refractivity (Wildman–Crippen MR) is 52.0 cm³/mol. The van der Waals surface area contributed by atoms with E-state index < -0.39 is 37.2 Å². The van der Waals surface area contributed by atoms with E-state index in [0.717, 1.165) is 11.2 Å². The van der Waals surface area contributed by atoms with Crippen LogP contribution in [0.2, 0.25) is 0 Å². The summed E-state index contributed by atoms with van der Waals surface area (Å²) in [6, 6.07) is -0.750. The lowest BCUT2D eigenvalue weighted by Gasteiger charge is -2.32. The minimum atomic E-state index is -1.36. The van der Waals surface area contributed by atoms with E-state index in [-0.39, 0.29) is 5.88 Å². The fourth-order valence-corrected chi connectivity index (χ4v) is 1.68. The van der Waals surface area contributed by atoms with Gasteiger partial charge in [0.05, 0.1) is 12.8 Å². The molecule has 0 aromatic heterocycles. The minimum absolute atomic E-state index is 0.377. The van der Waals surface area contributed by atoms with Crippen molar-refractivity contribution in [3.8, 4) is 0 Å². The third-order valence-electron chi connectivity index (χ3n) is 2.57. The molecule has 4 atom stereocenters. The van der Waals surface area contributed by atoms with Crippen molar-refractivity contribution < 1.29 is 30.0 Å². The molecule has 0 unspecified atom stereocenters. The van der Waals surface area contributed by atoms with Crippen molar-refractivity contribution in [2.45, 2.75) is 24.5 Å². The molecule has 96 valence electrons. The van der Waals surface area contributed by atoms with Gasteiger partial charge < -0.3 is 25.2 Å².